The SMILES string of the molecule is Cc1cc(C(=O)O)c(C)n1CCOCC1CC1. The molecule has 1 aromatic heterocycles. The largest absolute Gasteiger partial charge is 0.478 e. The van der Waals surface area contributed by atoms with E-state index in [0.29, 0.717) is 12.2 Å². The molecular weight excluding hydrogens is 218 g/mol. The lowest BCUT2D eigenvalue weighted by atomic mass is 10.2. The molecule has 0 amide bonds. The van der Waals surface area contributed by atoms with Crippen molar-refractivity contribution in [2.24, 2.45) is 5.92 Å². The quantitative estimate of drug-likeness (QED) is 0.772. The average Bonchev–Trinajstić information content (AvgIpc) is 3.04. The maximum absolute atomic E-state index is 11.0. The maximum atomic E-state index is 11.0. The smallest absolute Gasteiger partial charge is 0.337 e. The first-order chi connectivity index (χ1) is 8.09. The van der Waals surface area contributed by atoms with Crippen molar-refractivity contribution in [1.29, 1.82) is 0 Å². The normalized spacial score (nSPS) is 15.2. The molecule has 1 aromatic rings. The molecule has 1 saturated carbocycles. The van der Waals surface area contributed by atoms with Gasteiger partial charge < -0.3 is 14.4 Å². The third-order valence-corrected chi connectivity index (χ3v) is 3.31. The van der Waals surface area contributed by atoms with E-state index in [2.05, 4.69) is 0 Å². The van der Waals surface area contributed by atoms with Gasteiger partial charge in [0.15, 0.2) is 0 Å². The first-order valence-corrected chi connectivity index (χ1v) is 6.07. The van der Waals surface area contributed by atoms with Gasteiger partial charge in [0.2, 0.25) is 0 Å². The number of carbonyl (C=O) groups is 1. The van der Waals surface area contributed by atoms with Crippen molar-refractivity contribution in [1.82, 2.24) is 4.57 Å². The number of aromatic nitrogens is 1. The van der Waals surface area contributed by atoms with Crippen LogP contribution in [0.25, 0.3) is 0 Å². The zero-order valence-electron chi connectivity index (χ0n) is 10.4. The molecule has 0 unspecified atom stereocenters. The van der Waals surface area contributed by atoms with E-state index in [4.69, 9.17) is 9.84 Å². The Morgan fingerprint density at radius 3 is 2.76 bits per heavy atom. The van der Waals surface area contributed by atoms with E-state index < -0.39 is 5.97 Å². The second-order valence-corrected chi connectivity index (χ2v) is 4.76. The molecule has 2 rings (SSSR count). The predicted molar refractivity (Wildman–Crippen MR) is 64.4 cm³/mol. The van der Waals surface area contributed by atoms with Crippen molar-refractivity contribution in [2.45, 2.75) is 33.2 Å². The van der Waals surface area contributed by atoms with Gasteiger partial charge in [0, 0.05) is 24.5 Å². The molecule has 4 heteroatoms. The Morgan fingerprint density at radius 1 is 1.53 bits per heavy atom. The standard InChI is InChI=1S/C13H19NO3/c1-9-7-12(13(15)16)10(2)14(9)5-6-17-8-11-3-4-11/h7,11H,3-6,8H2,1-2H3,(H,15,16). The zero-order chi connectivity index (χ0) is 12.4. The number of carboxylic acids is 1. The summed E-state index contributed by atoms with van der Waals surface area (Å²) in [5.41, 5.74) is 2.18. The fourth-order valence-electron chi connectivity index (χ4n) is 2.05. The van der Waals surface area contributed by atoms with Crippen LogP contribution in [0.5, 0.6) is 0 Å². The summed E-state index contributed by atoms with van der Waals surface area (Å²) < 4.78 is 7.58. The number of rotatable bonds is 6. The minimum atomic E-state index is -0.858. The van der Waals surface area contributed by atoms with Gasteiger partial charge in [0.25, 0.3) is 0 Å². The molecule has 0 aliphatic heterocycles. The topological polar surface area (TPSA) is 51.5 Å². The van der Waals surface area contributed by atoms with Crippen molar-refractivity contribution >= 4 is 5.97 Å². The van der Waals surface area contributed by atoms with Gasteiger partial charge in [-0.25, -0.2) is 4.79 Å². The number of aryl methyl sites for hydroxylation is 1. The monoisotopic (exact) mass is 237 g/mol. The summed E-state index contributed by atoms with van der Waals surface area (Å²) >= 11 is 0. The van der Waals surface area contributed by atoms with Crippen LogP contribution in [-0.4, -0.2) is 28.9 Å². The predicted octanol–water partition coefficient (Wildman–Crippen LogP) is 2.23. The Morgan fingerprint density at radius 2 is 2.24 bits per heavy atom. The Balaban J connectivity index is 1.92. The van der Waals surface area contributed by atoms with Crippen LogP contribution in [0.3, 0.4) is 0 Å². The summed E-state index contributed by atoms with van der Waals surface area (Å²) in [5.74, 6) is -0.0836. The highest BCUT2D eigenvalue weighted by molar-refractivity contribution is 5.89. The minimum Gasteiger partial charge on any atom is -0.478 e. The molecule has 0 bridgehead atoms. The summed E-state index contributed by atoms with van der Waals surface area (Å²) in [6, 6.07) is 1.72. The number of ether oxygens (including phenoxy) is 1. The van der Waals surface area contributed by atoms with Crippen LogP contribution in [0.4, 0.5) is 0 Å². The second-order valence-electron chi connectivity index (χ2n) is 4.76. The van der Waals surface area contributed by atoms with Crippen molar-refractivity contribution < 1.29 is 14.6 Å². The van der Waals surface area contributed by atoms with Crippen LogP contribution in [0.15, 0.2) is 6.07 Å². The molecular formula is C13H19NO3. The lowest BCUT2D eigenvalue weighted by molar-refractivity contribution is 0.0695. The molecule has 94 valence electrons. The van der Waals surface area contributed by atoms with Crippen LogP contribution in [0, 0.1) is 19.8 Å². The van der Waals surface area contributed by atoms with Crippen LogP contribution in [0.2, 0.25) is 0 Å². The maximum Gasteiger partial charge on any atom is 0.337 e. The van der Waals surface area contributed by atoms with Gasteiger partial charge in [-0.2, -0.15) is 0 Å². The van der Waals surface area contributed by atoms with E-state index in [1.807, 2.05) is 18.4 Å². The number of carboxylic acid groups (broad SMARTS) is 1. The fourth-order valence-corrected chi connectivity index (χ4v) is 2.05. The highest BCUT2D eigenvalue weighted by atomic mass is 16.5. The van der Waals surface area contributed by atoms with Gasteiger partial charge in [-0.15, -0.1) is 0 Å². The number of hydrogen-bond acceptors (Lipinski definition) is 2. The Hall–Kier alpha value is -1.29. The number of aromatic carboxylic acids is 1. The molecule has 0 saturated heterocycles. The van der Waals surface area contributed by atoms with Gasteiger partial charge in [0.05, 0.1) is 12.2 Å². The molecule has 17 heavy (non-hydrogen) atoms. The summed E-state index contributed by atoms with van der Waals surface area (Å²) in [4.78, 5) is 11.0. The molecule has 1 aliphatic rings. The van der Waals surface area contributed by atoms with Gasteiger partial charge in [-0.05, 0) is 38.7 Å². The first kappa shape index (κ1) is 12.2. The van der Waals surface area contributed by atoms with Crippen molar-refractivity contribution in [3.05, 3.63) is 23.0 Å². The van der Waals surface area contributed by atoms with Crippen LogP contribution in [-0.2, 0) is 11.3 Å². The summed E-state index contributed by atoms with van der Waals surface area (Å²) in [6.07, 6.45) is 2.59. The summed E-state index contributed by atoms with van der Waals surface area (Å²) in [6.45, 7) is 6.02. The van der Waals surface area contributed by atoms with E-state index in [0.717, 1.165) is 30.5 Å². The van der Waals surface area contributed by atoms with E-state index in [-0.39, 0.29) is 0 Å². The molecule has 1 aliphatic carbocycles. The van der Waals surface area contributed by atoms with Gasteiger partial charge in [-0.1, -0.05) is 0 Å². The lowest BCUT2D eigenvalue weighted by Gasteiger charge is -2.09. The van der Waals surface area contributed by atoms with Crippen LogP contribution < -0.4 is 0 Å². The number of nitrogens with zero attached hydrogens (tertiary/aromatic N) is 1. The molecule has 0 atom stereocenters. The minimum absolute atomic E-state index is 0.393. The molecule has 4 nitrogen and oxygen atoms in total. The summed E-state index contributed by atoms with van der Waals surface area (Å²) in [7, 11) is 0. The second kappa shape index (κ2) is 4.92. The van der Waals surface area contributed by atoms with Gasteiger partial charge in [-0.3, -0.25) is 0 Å². The van der Waals surface area contributed by atoms with E-state index in [1.54, 1.807) is 6.07 Å². The third-order valence-electron chi connectivity index (χ3n) is 3.31. The Kier molecular flexibility index (Phi) is 3.52. The van der Waals surface area contributed by atoms with Crippen molar-refractivity contribution in [2.75, 3.05) is 13.2 Å². The zero-order valence-corrected chi connectivity index (χ0v) is 10.4. The van der Waals surface area contributed by atoms with Gasteiger partial charge in [0.1, 0.15) is 0 Å². The van der Waals surface area contributed by atoms with Crippen molar-refractivity contribution in [3.63, 3.8) is 0 Å². The highest BCUT2D eigenvalue weighted by Crippen LogP contribution is 2.28. The van der Waals surface area contributed by atoms with Crippen LogP contribution in [0.1, 0.15) is 34.6 Å². The molecule has 1 N–H and O–H groups in total. The van der Waals surface area contributed by atoms with Crippen molar-refractivity contribution in [3.8, 4) is 0 Å². The molecule has 0 radical (unpaired) electrons. The number of hydrogen-bond donors (Lipinski definition) is 1. The van der Waals surface area contributed by atoms with Crippen LogP contribution >= 0.6 is 0 Å². The Labute approximate surface area is 101 Å². The average molecular weight is 237 g/mol. The Bertz CT molecular complexity index is 419. The highest BCUT2D eigenvalue weighted by Gasteiger charge is 2.21. The molecule has 0 aromatic carbocycles. The van der Waals surface area contributed by atoms with E-state index >= 15 is 0 Å². The fraction of sp³-hybridized carbons (Fsp3) is 0.615. The van der Waals surface area contributed by atoms with E-state index in [1.165, 1.54) is 12.8 Å². The molecule has 1 fully saturated rings. The van der Waals surface area contributed by atoms with E-state index in [9.17, 15) is 4.79 Å². The van der Waals surface area contributed by atoms with Gasteiger partial charge >= 0.3 is 5.97 Å². The first-order valence-electron chi connectivity index (χ1n) is 6.07. The summed E-state index contributed by atoms with van der Waals surface area (Å²) in [5, 5.41) is 9.01. The molecule has 0 spiro atoms. The molecule has 1 heterocycles. The third kappa shape index (κ3) is 2.88. The lowest BCUT2D eigenvalue weighted by Crippen LogP contribution is -2.10.